The zero-order chi connectivity index (χ0) is 14.6. The largest absolute Gasteiger partial charge is 0.319 e. The third kappa shape index (κ3) is 3.78. The average molecular weight is 314 g/mol. The van der Waals surface area contributed by atoms with E-state index in [0.29, 0.717) is 5.69 Å². The molecule has 0 amide bonds. The zero-order valence-electron chi connectivity index (χ0n) is 10.9. The highest BCUT2D eigenvalue weighted by molar-refractivity contribution is 7.94. The van der Waals surface area contributed by atoms with Crippen LogP contribution in [0, 0.1) is 5.82 Å². The minimum atomic E-state index is -3.60. The van der Waals surface area contributed by atoms with Crippen LogP contribution in [0.5, 0.6) is 0 Å². The number of hydrogen-bond donors (Lipinski definition) is 2. The molecule has 1 aromatic carbocycles. The van der Waals surface area contributed by atoms with E-state index in [1.807, 2.05) is 7.05 Å². The van der Waals surface area contributed by atoms with Gasteiger partial charge < -0.3 is 5.32 Å². The number of anilines is 1. The molecule has 0 fully saturated rings. The standard InChI is InChI=1S/C13H15FN2O2S2/c1-15-9-8-12-6-7-13(19-12)20(17,18)16-11-4-2-10(14)3-5-11/h2-7,15-16H,8-9H2,1H3. The number of nitrogens with one attached hydrogen (secondary N) is 2. The van der Waals surface area contributed by atoms with E-state index in [2.05, 4.69) is 10.0 Å². The van der Waals surface area contributed by atoms with Gasteiger partial charge in [0.1, 0.15) is 10.0 Å². The van der Waals surface area contributed by atoms with Crippen molar-refractivity contribution in [2.45, 2.75) is 10.6 Å². The van der Waals surface area contributed by atoms with Gasteiger partial charge in [0.2, 0.25) is 0 Å². The average Bonchev–Trinajstić information content (AvgIpc) is 2.88. The van der Waals surface area contributed by atoms with Gasteiger partial charge in [0.25, 0.3) is 10.0 Å². The molecule has 0 bridgehead atoms. The lowest BCUT2D eigenvalue weighted by molar-refractivity contribution is 0.603. The number of sulfonamides is 1. The van der Waals surface area contributed by atoms with E-state index in [4.69, 9.17) is 0 Å². The summed E-state index contributed by atoms with van der Waals surface area (Å²) >= 11 is 1.24. The Hall–Kier alpha value is -1.44. The molecule has 0 saturated heterocycles. The predicted octanol–water partition coefficient (Wildman–Crippen LogP) is 2.45. The van der Waals surface area contributed by atoms with Crippen molar-refractivity contribution >= 4 is 27.0 Å². The Kier molecular flexibility index (Phi) is 4.74. The number of halogens is 1. The molecule has 20 heavy (non-hydrogen) atoms. The van der Waals surface area contributed by atoms with Gasteiger partial charge in [0.05, 0.1) is 0 Å². The number of rotatable bonds is 6. The lowest BCUT2D eigenvalue weighted by atomic mass is 10.3. The van der Waals surface area contributed by atoms with Gasteiger partial charge in [-0.3, -0.25) is 4.72 Å². The van der Waals surface area contributed by atoms with Crippen LogP contribution in [0.4, 0.5) is 10.1 Å². The topological polar surface area (TPSA) is 58.2 Å². The Morgan fingerprint density at radius 2 is 1.85 bits per heavy atom. The molecule has 0 unspecified atom stereocenters. The molecule has 2 aromatic rings. The lowest BCUT2D eigenvalue weighted by Crippen LogP contribution is -2.11. The highest BCUT2D eigenvalue weighted by Crippen LogP contribution is 2.24. The van der Waals surface area contributed by atoms with Gasteiger partial charge in [-0.05, 0) is 56.4 Å². The second-order valence-corrected chi connectivity index (χ2v) is 7.26. The van der Waals surface area contributed by atoms with Crippen molar-refractivity contribution < 1.29 is 12.8 Å². The summed E-state index contributed by atoms with van der Waals surface area (Å²) in [5.74, 6) is -0.404. The van der Waals surface area contributed by atoms with Crippen molar-refractivity contribution in [3.05, 3.63) is 47.1 Å². The number of benzene rings is 1. The summed E-state index contributed by atoms with van der Waals surface area (Å²) in [6.45, 7) is 0.797. The van der Waals surface area contributed by atoms with E-state index in [-0.39, 0.29) is 4.21 Å². The normalized spacial score (nSPS) is 11.5. The Labute approximate surface area is 121 Å². The van der Waals surface area contributed by atoms with Crippen molar-refractivity contribution in [2.24, 2.45) is 0 Å². The van der Waals surface area contributed by atoms with Crippen LogP contribution in [-0.4, -0.2) is 22.0 Å². The van der Waals surface area contributed by atoms with E-state index < -0.39 is 15.8 Å². The highest BCUT2D eigenvalue weighted by Gasteiger charge is 2.16. The first-order chi connectivity index (χ1) is 9.51. The summed E-state index contributed by atoms with van der Waals surface area (Å²) < 4.78 is 39.8. The summed E-state index contributed by atoms with van der Waals surface area (Å²) in [6.07, 6.45) is 0.785. The van der Waals surface area contributed by atoms with Crippen LogP contribution in [0.15, 0.2) is 40.6 Å². The summed E-state index contributed by atoms with van der Waals surface area (Å²) in [4.78, 5) is 0.999. The van der Waals surface area contributed by atoms with E-state index in [1.54, 1.807) is 12.1 Å². The molecule has 0 aliphatic rings. The van der Waals surface area contributed by atoms with Crippen molar-refractivity contribution in [1.29, 1.82) is 0 Å². The van der Waals surface area contributed by atoms with Crippen molar-refractivity contribution in [2.75, 3.05) is 18.3 Å². The SMILES string of the molecule is CNCCc1ccc(S(=O)(=O)Nc2ccc(F)cc2)s1. The third-order valence-electron chi connectivity index (χ3n) is 2.62. The monoisotopic (exact) mass is 314 g/mol. The van der Waals surface area contributed by atoms with E-state index in [9.17, 15) is 12.8 Å². The van der Waals surface area contributed by atoms with E-state index in [0.717, 1.165) is 17.8 Å². The maximum atomic E-state index is 12.8. The molecule has 7 heteroatoms. The van der Waals surface area contributed by atoms with Gasteiger partial charge in [-0.25, -0.2) is 12.8 Å². The summed E-state index contributed by atoms with van der Waals surface area (Å²) in [5.41, 5.74) is 0.344. The van der Waals surface area contributed by atoms with Crippen LogP contribution < -0.4 is 10.0 Å². The fraction of sp³-hybridized carbons (Fsp3) is 0.231. The van der Waals surface area contributed by atoms with Gasteiger partial charge >= 0.3 is 0 Å². The highest BCUT2D eigenvalue weighted by atomic mass is 32.2. The molecule has 0 atom stereocenters. The molecule has 0 radical (unpaired) electrons. The first kappa shape index (κ1) is 15.0. The minimum absolute atomic E-state index is 0.257. The van der Waals surface area contributed by atoms with E-state index in [1.165, 1.54) is 35.6 Å². The second-order valence-electron chi connectivity index (χ2n) is 4.19. The molecule has 1 heterocycles. The zero-order valence-corrected chi connectivity index (χ0v) is 12.5. The maximum absolute atomic E-state index is 12.8. The number of hydrogen-bond acceptors (Lipinski definition) is 4. The molecule has 0 spiro atoms. The molecule has 2 N–H and O–H groups in total. The first-order valence-corrected chi connectivity index (χ1v) is 8.33. The van der Waals surface area contributed by atoms with Crippen LogP contribution in [0.25, 0.3) is 0 Å². The van der Waals surface area contributed by atoms with Gasteiger partial charge in [-0.2, -0.15) is 0 Å². The van der Waals surface area contributed by atoms with Gasteiger partial charge in [-0.15, -0.1) is 11.3 Å². The maximum Gasteiger partial charge on any atom is 0.271 e. The Morgan fingerprint density at radius 1 is 1.15 bits per heavy atom. The van der Waals surface area contributed by atoms with Crippen LogP contribution in [0.3, 0.4) is 0 Å². The first-order valence-electron chi connectivity index (χ1n) is 6.03. The molecule has 108 valence electrons. The summed E-state index contributed by atoms with van der Waals surface area (Å²) in [7, 11) is -1.76. The molecule has 1 aromatic heterocycles. The molecule has 0 aliphatic heterocycles. The fourth-order valence-electron chi connectivity index (χ4n) is 1.61. The lowest BCUT2D eigenvalue weighted by Gasteiger charge is -2.05. The number of thiophene rings is 1. The van der Waals surface area contributed by atoms with Crippen LogP contribution in [-0.2, 0) is 16.4 Å². The molecule has 4 nitrogen and oxygen atoms in total. The Balaban J connectivity index is 2.13. The van der Waals surface area contributed by atoms with Gasteiger partial charge in [-0.1, -0.05) is 0 Å². The molecule has 0 saturated carbocycles. The minimum Gasteiger partial charge on any atom is -0.319 e. The van der Waals surface area contributed by atoms with Gasteiger partial charge in [0.15, 0.2) is 0 Å². The molecule has 0 aliphatic carbocycles. The van der Waals surface area contributed by atoms with Crippen molar-refractivity contribution in [1.82, 2.24) is 5.32 Å². The third-order valence-corrected chi connectivity index (χ3v) is 5.64. The van der Waals surface area contributed by atoms with Crippen LogP contribution in [0.2, 0.25) is 0 Å². The quantitative estimate of drug-likeness (QED) is 0.861. The number of likely N-dealkylation sites (N-methyl/N-ethyl adjacent to an activating group) is 1. The second kappa shape index (κ2) is 6.34. The van der Waals surface area contributed by atoms with Crippen LogP contribution in [0.1, 0.15) is 4.88 Å². The Bertz CT molecular complexity index is 666. The van der Waals surface area contributed by atoms with Crippen molar-refractivity contribution in [3.63, 3.8) is 0 Å². The fourth-order valence-corrected chi connectivity index (χ4v) is 4.02. The van der Waals surface area contributed by atoms with Crippen LogP contribution >= 0.6 is 11.3 Å². The van der Waals surface area contributed by atoms with Gasteiger partial charge in [0, 0.05) is 10.6 Å². The summed E-state index contributed by atoms with van der Waals surface area (Å²) in [6, 6.07) is 8.60. The molecular weight excluding hydrogens is 299 g/mol. The van der Waals surface area contributed by atoms with E-state index >= 15 is 0 Å². The molecular formula is C13H15FN2O2S2. The Morgan fingerprint density at radius 3 is 2.50 bits per heavy atom. The smallest absolute Gasteiger partial charge is 0.271 e. The summed E-state index contributed by atoms with van der Waals surface area (Å²) in [5, 5.41) is 3.02. The van der Waals surface area contributed by atoms with Crippen molar-refractivity contribution in [3.8, 4) is 0 Å². The predicted molar refractivity (Wildman–Crippen MR) is 79.2 cm³/mol. The molecule has 2 rings (SSSR count).